The number of rotatable bonds is 8. The van der Waals surface area contributed by atoms with E-state index >= 15 is 0 Å². The SMILES string of the molecule is CC1=[N+](C)C(C)C[N+]1(C)OP(=O)(OCC(C)C)OCC(C)C. The maximum atomic E-state index is 13.0. The molecule has 1 heterocycles. The van der Waals surface area contributed by atoms with Gasteiger partial charge in [0.25, 0.3) is 0 Å². The second kappa shape index (κ2) is 7.54. The number of hydroxylamine groups is 3. The minimum Gasteiger partial charge on any atom is -0.284 e. The van der Waals surface area contributed by atoms with E-state index < -0.39 is 7.82 Å². The van der Waals surface area contributed by atoms with Gasteiger partial charge in [0.2, 0.25) is 6.04 Å². The molecular weight excluding hydrogens is 303 g/mol. The Morgan fingerprint density at radius 1 is 1.23 bits per heavy atom. The molecule has 0 N–H and O–H groups in total. The Morgan fingerprint density at radius 2 is 1.68 bits per heavy atom. The van der Waals surface area contributed by atoms with Crippen LogP contribution in [0.4, 0.5) is 0 Å². The maximum absolute atomic E-state index is 13.0. The largest absolute Gasteiger partial charge is 0.521 e. The molecule has 0 spiro atoms. The molecule has 0 aromatic heterocycles. The second-order valence-corrected chi connectivity index (χ2v) is 8.77. The van der Waals surface area contributed by atoms with Crippen LogP contribution >= 0.6 is 7.82 Å². The summed E-state index contributed by atoms with van der Waals surface area (Å²) in [4.78, 5) is 0. The molecule has 7 heteroatoms. The zero-order chi connectivity index (χ0) is 17.1. The molecule has 2 atom stereocenters. The van der Waals surface area contributed by atoms with Gasteiger partial charge in [0.1, 0.15) is 14.1 Å². The number of phosphoric ester groups is 1. The van der Waals surface area contributed by atoms with Crippen LogP contribution in [0.1, 0.15) is 41.5 Å². The third-order valence-electron chi connectivity index (χ3n) is 3.88. The van der Waals surface area contributed by atoms with E-state index in [1.54, 1.807) is 0 Å². The highest BCUT2D eigenvalue weighted by atomic mass is 31.2. The van der Waals surface area contributed by atoms with Crippen molar-refractivity contribution < 1.29 is 27.5 Å². The van der Waals surface area contributed by atoms with Crippen molar-refractivity contribution in [2.24, 2.45) is 11.8 Å². The highest BCUT2D eigenvalue weighted by molar-refractivity contribution is 7.48. The smallest absolute Gasteiger partial charge is 0.284 e. The van der Waals surface area contributed by atoms with Crippen LogP contribution in [0.25, 0.3) is 0 Å². The molecule has 2 unspecified atom stereocenters. The van der Waals surface area contributed by atoms with Crippen molar-refractivity contribution in [1.82, 2.24) is 0 Å². The molecule has 0 amide bonds. The van der Waals surface area contributed by atoms with Crippen LogP contribution in [0.15, 0.2) is 0 Å². The summed E-state index contributed by atoms with van der Waals surface area (Å²) in [5, 5.41) is 0. The van der Waals surface area contributed by atoms with Crippen LogP contribution in [0.2, 0.25) is 0 Å². The standard InChI is InChI=1S/C15H33N2O4P/c1-12(2)10-19-22(18,20-11-13(3)4)21-17(8)9-14(5)16(7)15(17)6/h12-14H,9-11H2,1-8H3/q+2. The van der Waals surface area contributed by atoms with Gasteiger partial charge in [-0.05, 0) is 11.8 Å². The number of amidine groups is 1. The van der Waals surface area contributed by atoms with E-state index in [0.29, 0.717) is 25.8 Å². The molecule has 0 bridgehead atoms. The predicted octanol–water partition coefficient (Wildman–Crippen LogP) is 3.28. The lowest BCUT2D eigenvalue weighted by Crippen LogP contribution is -2.46. The molecule has 6 nitrogen and oxygen atoms in total. The first-order valence-corrected chi connectivity index (χ1v) is 9.48. The lowest BCUT2D eigenvalue weighted by Gasteiger charge is -2.27. The van der Waals surface area contributed by atoms with Gasteiger partial charge in [0.15, 0.2) is 6.54 Å². The quantitative estimate of drug-likeness (QED) is 0.388. The third-order valence-corrected chi connectivity index (χ3v) is 5.37. The monoisotopic (exact) mass is 336 g/mol. The van der Waals surface area contributed by atoms with E-state index in [0.717, 1.165) is 5.84 Å². The first-order chi connectivity index (χ1) is 9.99. The van der Waals surface area contributed by atoms with Crippen molar-refractivity contribution in [1.29, 1.82) is 0 Å². The van der Waals surface area contributed by atoms with Gasteiger partial charge >= 0.3 is 13.7 Å². The molecule has 0 saturated heterocycles. The van der Waals surface area contributed by atoms with Crippen molar-refractivity contribution in [3.8, 4) is 0 Å². The van der Waals surface area contributed by atoms with Gasteiger partial charge in [-0.3, -0.25) is 9.05 Å². The van der Waals surface area contributed by atoms with E-state index in [2.05, 4.69) is 11.5 Å². The fraction of sp³-hybridized carbons (Fsp3) is 0.933. The fourth-order valence-electron chi connectivity index (χ4n) is 2.29. The van der Waals surface area contributed by atoms with Crippen LogP contribution in [-0.2, 0) is 18.2 Å². The van der Waals surface area contributed by atoms with Crippen molar-refractivity contribution in [3.63, 3.8) is 0 Å². The Hall–Kier alpha value is -0.260. The van der Waals surface area contributed by atoms with Crippen LogP contribution < -0.4 is 0 Å². The minimum atomic E-state index is -3.61. The molecule has 0 saturated carbocycles. The summed E-state index contributed by atoms with van der Waals surface area (Å²) in [5.74, 6) is 1.51. The molecule has 22 heavy (non-hydrogen) atoms. The van der Waals surface area contributed by atoms with Crippen LogP contribution in [0.5, 0.6) is 0 Å². The predicted molar refractivity (Wildman–Crippen MR) is 87.7 cm³/mol. The molecule has 0 radical (unpaired) electrons. The number of nitrogens with zero attached hydrogens (tertiary/aromatic N) is 2. The molecule has 1 rings (SSSR count). The minimum absolute atomic E-state index is 0.130. The van der Waals surface area contributed by atoms with E-state index in [9.17, 15) is 4.57 Å². The van der Waals surface area contributed by atoms with Crippen LogP contribution in [0, 0.1) is 11.8 Å². The van der Waals surface area contributed by atoms with Gasteiger partial charge in [-0.1, -0.05) is 37.0 Å². The van der Waals surface area contributed by atoms with Crippen molar-refractivity contribution in [2.75, 3.05) is 33.9 Å². The number of likely N-dealkylation sites (N-methyl/N-ethyl adjacent to an activating group) is 2. The molecule has 0 aliphatic carbocycles. The van der Waals surface area contributed by atoms with Gasteiger partial charge in [-0.15, -0.1) is 0 Å². The van der Waals surface area contributed by atoms with E-state index in [1.165, 1.54) is 0 Å². The normalized spacial score (nSPS) is 26.5. The number of hydrogen-bond donors (Lipinski definition) is 0. The number of phosphoric acid groups is 1. The van der Waals surface area contributed by atoms with Crippen molar-refractivity contribution >= 4 is 13.7 Å². The van der Waals surface area contributed by atoms with Crippen molar-refractivity contribution in [2.45, 2.75) is 47.6 Å². The summed E-state index contributed by atoms with van der Waals surface area (Å²) < 4.78 is 32.3. The second-order valence-electron chi connectivity index (χ2n) is 7.20. The summed E-state index contributed by atoms with van der Waals surface area (Å²) >= 11 is 0. The molecule has 130 valence electrons. The van der Waals surface area contributed by atoms with Gasteiger partial charge < -0.3 is 0 Å². The Morgan fingerprint density at radius 3 is 2.00 bits per heavy atom. The van der Waals surface area contributed by atoms with E-state index in [1.807, 2.05) is 48.7 Å². The number of hydrogen-bond acceptors (Lipinski definition) is 4. The van der Waals surface area contributed by atoms with Gasteiger partial charge in [-0.25, -0.2) is 4.57 Å². The van der Waals surface area contributed by atoms with Crippen LogP contribution in [-0.4, -0.2) is 55.0 Å². The topological polar surface area (TPSA) is 47.8 Å². The fourth-order valence-corrected chi connectivity index (χ4v) is 4.05. The Balaban J connectivity index is 2.91. The summed E-state index contributed by atoms with van der Waals surface area (Å²) in [6.07, 6.45) is 0. The van der Waals surface area contributed by atoms with E-state index in [4.69, 9.17) is 13.7 Å². The summed E-state index contributed by atoms with van der Waals surface area (Å²) in [6, 6.07) is 0.314. The van der Waals surface area contributed by atoms with E-state index in [-0.39, 0.29) is 16.5 Å². The Bertz CT molecular complexity index is 448. The molecule has 0 aromatic rings. The Labute approximate surface area is 135 Å². The molecule has 1 aliphatic heterocycles. The van der Waals surface area contributed by atoms with Gasteiger partial charge in [-0.2, -0.15) is 4.58 Å². The molecular formula is C15H33N2O4P+2. The third kappa shape index (κ3) is 5.14. The lowest BCUT2D eigenvalue weighted by molar-refractivity contribution is -0.992. The summed E-state index contributed by atoms with van der Waals surface area (Å²) in [7, 11) is 0.310. The summed E-state index contributed by atoms with van der Waals surface area (Å²) in [5.41, 5.74) is 0. The molecule has 0 aromatic carbocycles. The van der Waals surface area contributed by atoms with Gasteiger partial charge in [0.05, 0.1) is 20.1 Å². The zero-order valence-electron chi connectivity index (χ0n) is 15.3. The average molecular weight is 336 g/mol. The molecule has 0 fully saturated rings. The average Bonchev–Trinajstić information content (AvgIpc) is 2.58. The highest BCUT2D eigenvalue weighted by Gasteiger charge is 2.52. The highest BCUT2D eigenvalue weighted by Crippen LogP contribution is 2.53. The van der Waals surface area contributed by atoms with Gasteiger partial charge in [0, 0.05) is 6.92 Å². The zero-order valence-corrected chi connectivity index (χ0v) is 16.2. The number of quaternary nitrogens is 1. The van der Waals surface area contributed by atoms with Crippen molar-refractivity contribution in [3.05, 3.63) is 0 Å². The summed E-state index contributed by atoms with van der Waals surface area (Å²) in [6.45, 7) is 13.5. The molecule has 1 aliphatic rings. The lowest BCUT2D eigenvalue weighted by atomic mass is 10.2. The first-order valence-electron chi connectivity index (χ1n) is 8.02. The maximum Gasteiger partial charge on any atom is 0.521 e. The van der Waals surface area contributed by atoms with Crippen LogP contribution in [0.3, 0.4) is 0 Å². The first kappa shape index (κ1) is 19.8. The Kier molecular flexibility index (Phi) is 6.78.